The average Bonchev–Trinajstić information content (AvgIpc) is 2.84. The molecule has 0 saturated carbocycles. The standard InChI is InChI=1S/C12H14F3NO4S/c13-12(14,15)9-1-3-10(4-2-9)21(18,19)16-7-11(17)5-6-20-8-11/h1-4,16-17H,5-8H2/t11-/m1/s1. The highest BCUT2D eigenvalue weighted by atomic mass is 32.2. The van der Waals surface area contributed by atoms with E-state index >= 15 is 0 Å². The minimum Gasteiger partial charge on any atom is -0.386 e. The minimum absolute atomic E-state index is 0.0164. The molecule has 0 bridgehead atoms. The topological polar surface area (TPSA) is 75.6 Å². The van der Waals surface area contributed by atoms with Gasteiger partial charge in [-0.25, -0.2) is 13.1 Å². The van der Waals surface area contributed by atoms with Gasteiger partial charge in [-0.3, -0.25) is 0 Å². The van der Waals surface area contributed by atoms with Gasteiger partial charge in [0.15, 0.2) is 0 Å². The lowest BCUT2D eigenvalue weighted by Crippen LogP contribution is -2.43. The maximum Gasteiger partial charge on any atom is 0.416 e. The molecule has 0 aliphatic carbocycles. The van der Waals surface area contributed by atoms with Crippen molar-refractivity contribution in [2.45, 2.75) is 23.1 Å². The Morgan fingerprint density at radius 1 is 1.29 bits per heavy atom. The summed E-state index contributed by atoms with van der Waals surface area (Å²) in [7, 11) is -3.98. The minimum atomic E-state index is -4.52. The summed E-state index contributed by atoms with van der Waals surface area (Å²) >= 11 is 0. The zero-order valence-corrected chi connectivity index (χ0v) is 11.7. The highest BCUT2D eigenvalue weighted by molar-refractivity contribution is 7.89. The lowest BCUT2D eigenvalue weighted by atomic mass is 10.1. The van der Waals surface area contributed by atoms with Crippen LogP contribution in [0.5, 0.6) is 0 Å². The van der Waals surface area contributed by atoms with Crippen LogP contribution in [0.3, 0.4) is 0 Å². The predicted octanol–water partition coefficient (Wildman–Crippen LogP) is 1.14. The van der Waals surface area contributed by atoms with E-state index in [1.807, 2.05) is 0 Å². The van der Waals surface area contributed by atoms with Crippen molar-refractivity contribution in [3.8, 4) is 0 Å². The Bertz CT molecular complexity index is 592. The van der Waals surface area contributed by atoms with E-state index in [-0.39, 0.29) is 18.0 Å². The van der Waals surface area contributed by atoms with Crippen LogP contribution in [-0.4, -0.2) is 38.9 Å². The maximum atomic E-state index is 12.4. The van der Waals surface area contributed by atoms with E-state index in [2.05, 4.69) is 4.72 Å². The molecule has 2 N–H and O–H groups in total. The third-order valence-corrected chi connectivity index (χ3v) is 4.58. The first-order valence-corrected chi connectivity index (χ1v) is 7.58. The van der Waals surface area contributed by atoms with E-state index in [0.717, 1.165) is 12.1 Å². The van der Waals surface area contributed by atoms with Gasteiger partial charge in [0.1, 0.15) is 5.60 Å². The number of ether oxygens (including phenoxy) is 1. The summed E-state index contributed by atoms with van der Waals surface area (Å²) in [5.41, 5.74) is -2.21. The number of aliphatic hydroxyl groups is 1. The van der Waals surface area contributed by atoms with Gasteiger partial charge in [-0.1, -0.05) is 0 Å². The summed E-state index contributed by atoms with van der Waals surface area (Å²) in [6.45, 7) is 0.0946. The smallest absolute Gasteiger partial charge is 0.386 e. The molecule has 1 aromatic rings. The molecule has 0 aromatic heterocycles. The second-order valence-corrected chi connectivity index (χ2v) is 6.64. The third-order valence-electron chi connectivity index (χ3n) is 3.17. The number of hydrogen-bond donors (Lipinski definition) is 2. The molecule has 1 heterocycles. The molecule has 5 nitrogen and oxygen atoms in total. The number of benzene rings is 1. The molecule has 1 fully saturated rings. The van der Waals surface area contributed by atoms with E-state index in [0.29, 0.717) is 25.2 Å². The molecular weight excluding hydrogens is 311 g/mol. The first-order valence-electron chi connectivity index (χ1n) is 6.10. The van der Waals surface area contributed by atoms with Gasteiger partial charge in [-0.15, -0.1) is 0 Å². The lowest BCUT2D eigenvalue weighted by Gasteiger charge is -2.20. The van der Waals surface area contributed by atoms with E-state index in [1.54, 1.807) is 0 Å². The summed E-state index contributed by atoms with van der Waals surface area (Å²) in [6.07, 6.45) is -4.23. The maximum absolute atomic E-state index is 12.4. The van der Waals surface area contributed by atoms with Gasteiger partial charge in [-0.05, 0) is 24.3 Å². The fourth-order valence-corrected chi connectivity index (χ4v) is 2.99. The summed E-state index contributed by atoms with van der Waals surface area (Å²) in [6, 6.07) is 3.14. The van der Waals surface area contributed by atoms with Crippen molar-refractivity contribution < 1.29 is 31.4 Å². The van der Waals surface area contributed by atoms with Crippen LogP contribution >= 0.6 is 0 Å². The van der Waals surface area contributed by atoms with Gasteiger partial charge in [-0.2, -0.15) is 13.2 Å². The van der Waals surface area contributed by atoms with Crippen molar-refractivity contribution in [1.82, 2.24) is 4.72 Å². The van der Waals surface area contributed by atoms with Crippen molar-refractivity contribution >= 4 is 10.0 Å². The molecule has 21 heavy (non-hydrogen) atoms. The molecule has 118 valence electrons. The van der Waals surface area contributed by atoms with E-state index < -0.39 is 27.4 Å². The van der Waals surface area contributed by atoms with Crippen LogP contribution in [0.1, 0.15) is 12.0 Å². The summed E-state index contributed by atoms with van der Waals surface area (Å²) in [5.74, 6) is 0. The molecule has 1 atom stereocenters. The first kappa shape index (κ1) is 16.2. The molecule has 0 radical (unpaired) electrons. The van der Waals surface area contributed by atoms with Gasteiger partial charge < -0.3 is 9.84 Å². The Balaban J connectivity index is 2.09. The normalized spacial score (nSPS) is 23.4. The number of alkyl halides is 3. The summed E-state index contributed by atoms with van der Waals surface area (Å²) in [4.78, 5) is -0.294. The number of halogens is 3. The largest absolute Gasteiger partial charge is 0.416 e. The lowest BCUT2D eigenvalue weighted by molar-refractivity contribution is -0.137. The number of hydrogen-bond acceptors (Lipinski definition) is 4. The molecular formula is C12H14F3NO4S. The molecule has 9 heteroatoms. The SMILES string of the molecule is O=S(=O)(NC[C@]1(O)CCOC1)c1ccc(C(F)(F)F)cc1. The molecule has 0 amide bonds. The fourth-order valence-electron chi connectivity index (χ4n) is 1.87. The molecule has 1 aromatic carbocycles. The Hall–Kier alpha value is -1.16. The van der Waals surface area contributed by atoms with Gasteiger partial charge >= 0.3 is 6.18 Å². The number of rotatable bonds is 4. The van der Waals surface area contributed by atoms with Crippen molar-refractivity contribution in [3.63, 3.8) is 0 Å². The Kier molecular flexibility index (Phi) is 4.29. The zero-order chi connectivity index (χ0) is 15.7. The third kappa shape index (κ3) is 3.94. The van der Waals surface area contributed by atoms with Crippen LogP contribution in [0.4, 0.5) is 13.2 Å². The molecule has 1 saturated heterocycles. The molecule has 2 rings (SSSR count). The van der Waals surface area contributed by atoms with Crippen LogP contribution in [0.2, 0.25) is 0 Å². The Morgan fingerprint density at radius 3 is 2.38 bits per heavy atom. The average molecular weight is 325 g/mol. The highest BCUT2D eigenvalue weighted by Crippen LogP contribution is 2.29. The Labute approximate surface area is 119 Å². The van der Waals surface area contributed by atoms with E-state index in [1.165, 1.54) is 0 Å². The van der Waals surface area contributed by atoms with Crippen LogP contribution in [0.15, 0.2) is 29.2 Å². The zero-order valence-electron chi connectivity index (χ0n) is 10.9. The van der Waals surface area contributed by atoms with Gasteiger partial charge in [0, 0.05) is 19.6 Å². The summed E-state index contributed by atoms with van der Waals surface area (Å²) < 4.78 is 68.3. The monoisotopic (exact) mass is 325 g/mol. The van der Waals surface area contributed by atoms with Crippen LogP contribution < -0.4 is 4.72 Å². The highest BCUT2D eigenvalue weighted by Gasteiger charge is 2.34. The van der Waals surface area contributed by atoms with Crippen molar-refractivity contribution in [2.75, 3.05) is 19.8 Å². The van der Waals surface area contributed by atoms with E-state index in [9.17, 15) is 26.7 Å². The molecule has 1 aliphatic heterocycles. The van der Waals surface area contributed by atoms with Crippen LogP contribution in [0.25, 0.3) is 0 Å². The number of nitrogens with one attached hydrogen (secondary N) is 1. The molecule has 0 unspecified atom stereocenters. The predicted molar refractivity (Wildman–Crippen MR) is 67.0 cm³/mol. The van der Waals surface area contributed by atoms with Crippen LogP contribution in [0, 0.1) is 0 Å². The quantitative estimate of drug-likeness (QED) is 0.870. The Morgan fingerprint density at radius 2 is 1.90 bits per heavy atom. The van der Waals surface area contributed by atoms with Gasteiger partial charge in [0.25, 0.3) is 0 Å². The fraction of sp³-hybridized carbons (Fsp3) is 0.500. The van der Waals surface area contributed by atoms with E-state index in [4.69, 9.17) is 4.74 Å². The van der Waals surface area contributed by atoms with Gasteiger partial charge in [0.05, 0.1) is 17.1 Å². The van der Waals surface area contributed by atoms with Crippen LogP contribution in [-0.2, 0) is 20.9 Å². The second kappa shape index (κ2) is 5.56. The second-order valence-electron chi connectivity index (χ2n) is 4.87. The first-order chi connectivity index (χ1) is 9.62. The van der Waals surface area contributed by atoms with Crippen molar-refractivity contribution in [2.24, 2.45) is 0 Å². The molecule has 0 spiro atoms. The summed E-state index contributed by atoms with van der Waals surface area (Å²) in [5, 5.41) is 9.95. The molecule has 1 aliphatic rings. The van der Waals surface area contributed by atoms with Crippen molar-refractivity contribution in [3.05, 3.63) is 29.8 Å². The number of sulfonamides is 1. The van der Waals surface area contributed by atoms with Gasteiger partial charge in [0.2, 0.25) is 10.0 Å². The van der Waals surface area contributed by atoms with Crippen molar-refractivity contribution in [1.29, 1.82) is 0 Å².